The zero-order valence-corrected chi connectivity index (χ0v) is 17.5. The molecule has 1 aromatic heterocycles. The van der Waals surface area contributed by atoms with Crippen LogP contribution >= 0.6 is 0 Å². The number of benzene rings is 1. The molecule has 0 radical (unpaired) electrons. The third-order valence-corrected chi connectivity index (χ3v) is 7.19. The summed E-state index contributed by atoms with van der Waals surface area (Å²) in [5.41, 5.74) is 3.75. The molecule has 0 spiro atoms. The molecule has 0 fully saturated rings. The van der Waals surface area contributed by atoms with E-state index in [0.717, 1.165) is 36.9 Å². The first-order valence-electron chi connectivity index (χ1n) is 10.2. The molecule has 2 aliphatic carbocycles. The van der Waals surface area contributed by atoms with Crippen molar-refractivity contribution in [2.24, 2.45) is 0 Å². The Morgan fingerprint density at radius 1 is 1.21 bits per heavy atom. The summed E-state index contributed by atoms with van der Waals surface area (Å²) in [5, 5.41) is 4.02. The van der Waals surface area contributed by atoms with E-state index in [2.05, 4.69) is 15.9 Å². The van der Waals surface area contributed by atoms with Crippen LogP contribution in [0.1, 0.15) is 60.3 Å². The Bertz CT molecular complexity index is 936. The Morgan fingerprint density at radius 3 is 2.66 bits per heavy atom. The van der Waals surface area contributed by atoms with Crippen LogP contribution in [0, 0.1) is 0 Å². The van der Waals surface area contributed by atoms with Gasteiger partial charge in [0.1, 0.15) is 0 Å². The van der Waals surface area contributed by atoms with Crippen molar-refractivity contribution in [3.8, 4) is 0 Å². The zero-order chi connectivity index (χ0) is 20.8. The molecule has 8 heteroatoms. The second-order valence-corrected chi connectivity index (χ2v) is 10.1. The average molecular weight is 426 g/mol. The molecule has 4 nitrogen and oxygen atoms in total. The predicted molar refractivity (Wildman–Crippen MR) is 107 cm³/mol. The average Bonchev–Trinajstić information content (AvgIpc) is 3.22. The molecule has 0 bridgehead atoms. The van der Waals surface area contributed by atoms with Gasteiger partial charge >= 0.3 is 6.18 Å². The highest BCUT2D eigenvalue weighted by molar-refractivity contribution is 7.83. The molecule has 29 heavy (non-hydrogen) atoms. The summed E-state index contributed by atoms with van der Waals surface area (Å²) in [7, 11) is -1.06. The topological polar surface area (TPSA) is 46.9 Å². The Morgan fingerprint density at radius 2 is 1.93 bits per heavy atom. The number of aromatic nitrogens is 2. The molecule has 0 saturated carbocycles. The highest BCUT2D eigenvalue weighted by atomic mass is 32.2. The highest BCUT2D eigenvalue weighted by Crippen LogP contribution is 2.36. The number of nitrogens with one attached hydrogen (secondary N) is 1. The van der Waals surface area contributed by atoms with E-state index in [1.54, 1.807) is 4.68 Å². The number of nitrogens with zero attached hydrogens (tertiary/aromatic N) is 2. The third kappa shape index (κ3) is 4.28. The molecule has 4 rings (SSSR count). The number of alkyl halides is 3. The van der Waals surface area contributed by atoms with Gasteiger partial charge in [0.15, 0.2) is 5.69 Å². The maximum Gasteiger partial charge on any atom is 0.435 e. The van der Waals surface area contributed by atoms with Gasteiger partial charge < -0.3 is 0 Å². The summed E-state index contributed by atoms with van der Waals surface area (Å²) in [6.45, 7) is 4.19. The maximum absolute atomic E-state index is 13.4. The van der Waals surface area contributed by atoms with Gasteiger partial charge in [0, 0.05) is 22.5 Å². The van der Waals surface area contributed by atoms with Gasteiger partial charge in [-0.1, -0.05) is 18.2 Å². The molecule has 2 aliphatic rings. The molecule has 0 saturated heterocycles. The van der Waals surface area contributed by atoms with Gasteiger partial charge in [0.25, 0.3) is 0 Å². The summed E-state index contributed by atoms with van der Waals surface area (Å²) < 4.78 is 57.0. The molecule has 2 atom stereocenters. The first-order chi connectivity index (χ1) is 13.7. The van der Waals surface area contributed by atoms with Gasteiger partial charge in [0.05, 0.1) is 17.5 Å². The van der Waals surface area contributed by atoms with Crippen LogP contribution < -0.4 is 4.72 Å². The summed E-state index contributed by atoms with van der Waals surface area (Å²) in [6.07, 6.45) is -0.00990. The SMILES string of the molecule is CC(C)S(=O)N[C@@H]1Cc2ccc(Cn3nc(C(F)(F)F)c4c3CCCC4)cc2C1. The van der Waals surface area contributed by atoms with E-state index in [1.807, 2.05) is 26.0 Å². The van der Waals surface area contributed by atoms with E-state index < -0.39 is 22.9 Å². The summed E-state index contributed by atoms with van der Waals surface area (Å²) in [4.78, 5) is 0. The Hall–Kier alpha value is -1.67. The van der Waals surface area contributed by atoms with Crippen molar-refractivity contribution >= 4 is 11.0 Å². The lowest BCUT2D eigenvalue weighted by Gasteiger charge is -2.15. The van der Waals surface area contributed by atoms with Crippen LogP contribution in [-0.4, -0.2) is 25.3 Å². The second kappa shape index (κ2) is 7.87. The molecule has 2 aromatic rings. The van der Waals surface area contributed by atoms with E-state index in [0.29, 0.717) is 24.9 Å². The minimum Gasteiger partial charge on any atom is -0.264 e. The van der Waals surface area contributed by atoms with Crippen LogP contribution in [0.5, 0.6) is 0 Å². The van der Waals surface area contributed by atoms with Crippen LogP contribution in [0.25, 0.3) is 0 Å². The monoisotopic (exact) mass is 425 g/mol. The number of halogens is 3. The molecule has 0 amide bonds. The molecule has 0 aliphatic heterocycles. The predicted octanol–water partition coefficient (Wildman–Crippen LogP) is 3.96. The van der Waals surface area contributed by atoms with Crippen molar-refractivity contribution in [1.82, 2.24) is 14.5 Å². The lowest BCUT2D eigenvalue weighted by molar-refractivity contribution is -0.142. The van der Waals surface area contributed by atoms with E-state index in [1.165, 1.54) is 11.1 Å². The van der Waals surface area contributed by atoms with Crippen LogP contribution in [0.15, 0.2) is 18.2 Å². The van der Waals surface area contributed by atoms with Gasteiger partial charge in [-0.05, 0) is 69.1 Å². The number of hydrogen-bond donors (Lipinski definition) is 1. The third-order valence-electron chi connectivity index (χ3n) is 5.77. The van der Waals surface area contributed by atoms with Crippen molar-refractivity contribution in [3.05, 3.63) is 51.8 Å². The van der Waals surface area contributed by atoms with Crippen molar-refractivity contribution < 1.29 is 17.4 Å². The fraction of sp³-hybridized carbons (Fsp3) is 0.571. The second-order valence-electron chi connectivity index (χ2n) is 8.31. The molecule has 1 aromatic carbocycles. The molecule has 1 heterocycles. The van der Waals surface area contributed by atoms with Crippen LogP contribution in [-0.2, 0) is 49.4 Å². The van der Waals surface area contributed by atoms with Gasteiger partial charge in [-0.3, -0.25) is 4.68 Å². The first-order valence-corrected chi connectivity index (χ1v) is 11.4. The normalized spacial score (nSPS) is 20.0. The Labute approximate surface area is 171 Å². The van der Waals surface area contributed by atoms with Crippen LogP contribution in [0.4, 0.5) is 13.2 Å². The van der Waals surface area contributed by atoms with E-state index in [4.69, 9.17) is 0 Å². The zero-order valence-electron chi connectivity index (χ0n) is 16.7. The smallest absolute Gasteiger partial charge is 0.264 e. The summed E-state index contributed by atoms with van der Waals surface area (Å²) in [6, 6.07) is 6.23. The van der Waals surface area contributed by atoms with Crippen molar-refractivity contribution in [3.63, 3.8) is 0 Å². The fourth-order valence-electron chi connectivity index (χ4n) is 4.36. The standard InChI is InChI=1S/C21H26F3N3OS/c1-13(2)29(28)26-17-10-15-8-7-14(9-16(15)11-17)12-27-19-6-4-3-5-18(19)20(25-27)21(22,23)24/h7-9,13,17,26H,3-6,10-12H2,1-2H3/t17-,29?/m1/s1. The number of hydrogen-bond acceptors (Lipinski definition) is 2. The minimum atomic E-state index is -4.41. The van der Waals surface area contributed by atoms with Crippen molar-refractivity contribution in [2.75, 3.05) is 0 Å². The highest BCUT2D eigenvalue weighted by Gasteiger charge is 2.39. The molecular weight excluding hydrogens is 399 g/mol. The first kappa shape index (κ1) is 20.6. The summed E-state index contributed by atoms with van der Waals surface area (Å²) >= 11 is 0. The minimum absolute atomic E-state index is 0.0584. The summed E-state index contributed by atoms with van der Waals surface area (Å²) in [5.74, 6) is 0. The molecular formula is C21H26F3N3OS. The van der Waals surface area contributed by atoms with Gasteiger partial charge in [-0.2, -0.15) is 18.3 Å². The molecule has 1 unspecified atom stereocenters. The molecule has 158 valence electrons. The van der Waals surface area contributed by atoms with Gasteiger partial charge in [-0.15, -0.1) is 0 Å². The van der Waals surface area contributed by atoms with Crippen molar-refractivity contribution in [2.45, 2.75) is 76.4 Å². The largest absolute Gasteiger partial charge is 0.435 e. The Balaban J connectivity index is 1.54. The van der Waals surface area contributed by atoms with E-state index in [-0.39, 0.29) is 11.3 Å². The lowest BCUT2D eigenvalue weighted by atomic mass is 9.95. The van der Waals surface area contributed by atoms with Gasteiger partial charge in [-0.25, -0.2) is 8.93 Å². The lowest BCUT2D eigenvalue weighted by Crippen LogP contribution is -2.34. The Kier molecular flexibility index (Phi) is 5.59. The van der Waals surface area contributed by atoms with Crippen LogP contribution in [0.3, 0.4) is 0 Å². The van der Waals surface area contributed by atoms with Crippen molar-refractivity contribution in [1.29, 1.82) is 0 Å². The molecule has 1 N–H and O–H groups in total. The maximum atomic E-state index is 13.4. The van der Waals surface area contributed by atoms with E-state index >= 15 is 0 Å². The fourth-order valence-corrected chi connectivity index (χ4v) is 5.12. The van der Waals surface area contributed by atoms with Gasteiger partial charge in [0.2, 0.25) is 0 Å². The van der Waals surface area contributed by atoms with E-state index in [9.17, 15) is 17.4 Å². The quantitative estimate of drug-likeness (QED) is 0.788. The number of rotatable bonds is 5. The van der Waals surface area contributed by atoms with Crippen LogP contribution in [0.2, 0.25) is 0 Å². The number of fused-ring (bicyclic) bond motifs is 2.